The Morgan fingerprint density at radius 2 is 0.867 bits per heavy atom. The van der Waals surface area contributed by atoms with E-state index in [2.05, 4.69) is 24.3 Å². The molecule has 8 aromatic carbocycles. The molecule has 0 aliphatic rings. The minimum atomic E-state index is -4.75. The molecule has 0 spiro atoms. The number of fused-ring (bicyclic) bond motifs is 6. The molecule has 10 rings (SSSR count). The number of nitrogens with zero attached hydrogens (tertiary/aromatic N) is 5. The molecule has 5 nitrogen and oxygen atoms in total. The number of rotatable bonds is 5. The van der Waals surface area contributed by atoms with Crippen LogP contribution in [0.3, 0.4) is 0 Å². The van der Waals surface area contributed by atoms with E-state index in [4.69, 9.17) is 0 Å². The van der Waals surface area contributed by atoms with Gasteiger partial charge in [0.1, 0.15) is 0 Å². The number of alkyl halides is 3. The van der Waals surface area contributed by atoms with Gasteiger partial charge in [0.2, 0.25) is 0 Å². The molecule has 2 heterocycles. The minimum Gasteiger partial charge on any atom is -0.309 e. The summed E-state index contributed by atoms with van der Waals surface area (Å²) in [7, 11) is 0. The standard InChI is InChI=1S/C52H28F3N5/c53-52(54,55)45-15-7-14-41(51(45)60-47-17-4-2-13-40(47)44-28-38(20-23-50(44)60)36-11-6-9-33(25-36)30-57)42-26-34(31-58)18-21-48(42)59-46-16-3-1-12-39(46)43-27-37(19-22-49(43)59)35-10-5-8-32(24-35)29-56/h1-28H. The fourth-order valence-corrected chi connectivity index (χ4v) is 8.59. The third-order valence-corrected chi connectivity index (χ3v) is 11.2. The van der Waals surface area contributed by atoms with Gasteiger partial charge in [-0.2, -0.15) is 29.0 Å². The summed E-state index contributed by atoms with van der Waals surface area (Å²) in [6, 6.07) is 57.7. The molecule has 2 aromatic heterocycles. The van der Waals surface area contributed by atoms with Crippen LogP contribution in [0.25, 0.3) is 88.4 Å². The van der Waals surface area contributed by atoms with Crippen LogP contribution in [-0.2, 0) is 6.18 Å². The Hall–Kier alpha value is -8.38. The first-order valence-corrected chi connectivity index (χ1v) is 19.1. The minimum absolute atomic E-state index is 0.0628. The van der Waals surface area contributed by atoms with Gasteiger partial charge in [-0.05, 0) is 107 Å². The van der Waals surface area contributed by atoms with Crippen molar-refractivity contribution in [3.63, 3.8) is 0 Å². The third-order valence-electron chi connectivity index (χ3n) is 11.2. The summed E-state index contributed by atoms with van der Waals surface area (Å²) in [5.74, 6) is 0. The number of hydrogen-bond acceptors (Lipinski definition) is 3. The molecule has 0 saturated carbocycles. The highest BCUT2D eigenvalue weighted by atomic mass is 19.4. The van der Waals surface area contributed by atoms with E-state index in [9.17, 15) is 15.8 Å². The molecule has 0 atom stereocenters. The molecule has 0 aliphatic heterocycles. The highest BCUT2D eigenvalue weighted by Crippen LogP contribution is 2.46. The van der Waals surface area contributed by atoms with Crippen LogP contribution < -0.4 is 0 Å². The van der Waals surface area contributed by atoms with Crippen LogP contribution in [-0.4, -0.2) is 9.13 Å². The summed E-state index contributed by atoms with van der Waals surface area (Å²) >= 11 is 0. The fourth-order valence-electron chi connectivity index (χ4n) is 8.59. The van der Waals surface area contributed by atoms with Crippen molar-refractivity contribution in [2.75, 3.05) is 0 Å². The van der Waals surface area contributed by atoms with E-state index in [1.165, 1.54) is 6.07 Å². The molecular weight excluding hydrogens is 752 g/mol. The zero-order valence-corrected chi connectivity index (χ0v) is 31.5. The lowest BCUT2D eigenvalue weighted by molar-refractivity contribution is -0.137. The number of aromatic nitrogens is 2. The summed E-state index contributed by atoms with van der Waals surface area (Å²) in [5.41, 5.74) is 8.02. The molecule has 8 heteroatoms. The maximum absolute atomic E-state index is 15.5. The molecule has 282 valence electrons. The van der Waals surface area contributed by atoms with Crippen LogP contribution in [0.15, 0.2) is 170 Å². The maximum Gasteiger partial charge on any atom is 0.418 e. The van der Waals surface area contributed by atoms with Crippen LogP contribution in [0.2, 0.25) is 0 Å². The van der Waals surface area contributed by atoms with Gasteiger partial charge in [0.05, 0.1) is 73.9 Å². The van der Waals surface area contributed by atoms with Crippen molar-refractivity contribution in [1.82, 2.24) is 9.13 Å². The molecule has 0 bridgehead atoms. The molecule has 0 fully saturated rings. The SMILES string of the molecule is N#Cc1cccc(-c2ccc3c(c2)c2ccccc2n3-c2ccc(C#N)cc2-c2cccc(C(F)(F)F)c2-n2c3ccccc3c3cc(-c4cccc(C#N)c4)ccc32)c1. The number of para-hydroxylation sites is 3. The average Bonchev–Trinajstić information content (AvgIpc) is 3.80. The van der Waals surface area contributed by atoms with Crippen molar-refractivity contribution in [2.45, 2.75) is 6.18 Å². The summed E-state index contributed by atoms with van der Waals surface area (Å²) in [5, 5.41) is 32.8. The van der Waals surface area contributed by atoms with Crippen LogP contribution in [0.1, 0.15) is 22.3 Å². The van der Waals surface area contributed by atoms with Crippen LogP contribution in [0, 0.1) is 34.0 Å². The Labute approximate surface area is 341 Å². The quantitative estimate of drug-likeness (QED) is 0.174. The second-order valence-electron chi connectivity index (χ2n) is 14.6. The zero-order chi connectivity index (χ0) is 41.1. The zero-order valence-electron chi connectivity index (χ0n) is 31.5. The maximum atomic E-state index is 15.5. The summed E-state index contributed by atoms with van der Waals surface area (Å²) in [6.45, 7) is 0. The third kappa shape index (κ3) is 5.77. The van der Waals surface area contributed by atoms with Gasteiger partial charge >= 0.3 is 6.18 Å². The highest BCUT2D eigenvalue weighted by Gasteiger charge is 2.36. The van der Waals surface area contributed by atoms with Crippen molar-refractivity contribution < 1.29 is 13.2 Å². The Balaban J connectivity index is 1.27. The van der Waals surface area contributed by atoms with Gasteiger partial charge in [-0.25, -0.2) is 0 Å². The second kappa shape index (κ2) is 13.9. The predicted molar refractivity (Wildman–Crippen MR) is 231 cm³/mol. The van der Waals surface area contributed by atoms with E-state index in [0.717, 1.165) is 60.9 Å². The Kier molecular flexibility index (Phi) is 8.35. The van der Waals surface area contributed by atoms with E-state index in [1.807, 2.05) is 120 Å². The topological polar surface area (TPSA) is 81.2 Å². The van der Waals surface area contributed by atoms with E-state index in [-0.39, 0.29) is 5.69 Å². The van der Waals surface area contributed by atoms with Crippen LogP contribution in [0.4, 0.5) is 13.2 Å². The molecule has 0 aliphatic carbocycles. The lowest BCUT2D eigenvalue weighted by atomic mass is 9.95. The van der Waals surface area contributed by atoms with Gasteiger partial charge in [0.15, 0.2) is 0 Å². The highest BCUT2D eigenvalue weighted by molar-refractivity contribution is 6.13. The van der Waals surface area contributed by atoms with Crippen molar-refractivity contribution >= 4 is 43.6 Å². The van der Waals surface area contributed by atoms with Gasteiger partial charge in [-0.15, -0.1) is 0 Å². The van der Waals surface area contributed by atoms with Crippen molar-refractivity contribution in [2.24, 2.45) is 0 Å². The number of nitriles is 3. The lowest BCUT2D eigenvalue weighted by Gasteiger charge is -2.22. The smallest absolute Gasteiger partial charge is 0.309 e. The Morgan fingerprint density at radius 1 is 0.383 bits per heavy atom. The van der Waals surface area contributed by atoms with Crippen molar-refractivity contribution in [1.29, 1.82) is 15.8 Å². The van der Waals surface area contributed by atoms with E-state index < -0.39 is 11.7 Å². The number of benzene rings is 8. The molecule has 0 saturated heterocycles. The summed E-state index contributed by atoms with van der Waals surface area (Å²) < 4.78 is 50.4. The molecule has 0 unspecified atom stereocenters. The average molecular weight is 780 g/mol. The summed E-state index contributed by atoms with van der Waals surface area (Å²) in [4.78, 5) is 0. The molecule has 60 heavy (non-hydrogen) atoms. The first-order chi connectivity index (χ1) is 29.2. The lowest BCUT2D eigenvalue weighted by Crippen LogP contribution is -2.12. The number of halogens is 3. The van der Waals surface area contributed by atoms with Crippen LogP contribution in [0.5, 0.6) is 0 Å². The van der Waals surface area contributed by atoms with Gasteiger partial charge in [-0.3, -0.25) is 0 Å². The molecule has 0 radical (unpaired) electrons. The molecule has 10 aromatic rings. The van der Waals surface area contributed by atoms with E-state index in [1.54, 1.807) is 41.0 Å². The molecule has 0 amide bonds. The summed E-state index contributed by atoms with van der Waals surface area (Å²) in [6.07, 6.45) is -4.75. The second-order valence-corrected chi connectivity index (χ2v) is 14.6. The largest absolute Gasteiger partial charge is 0.418 e. The van der Waals surface area contributed by atoms with Crippen molar-refractivity contribution in [3.05, 3.63) is 192 Å². The van der Waals surface area contributed by atoms with Gasteiger partial charge in [0.25, 0.3) is 0 Å². The fraction of sp³-hybridized carbons (Fsp3) is 0.0192. The normalized spacial score (nSPS) is 11.5. The Bertz CT molecular complexity index is 3530. The monoisotopic (exact) mass is 779 g/mol. The van der Waals surface area contributed by atoms with Gasteiger partial charge < -0.3 is 9.13 Å². The Morgan fingerprint density at radius 3 is 1.43 bits per heavy atom. The molecule has 0 N–H and O–H groups in total. The van der Waals surface area contributed by atoms with Crippen LogP contribution >= 0.6 is 0 Å². The van der Waals surface area contributed by atoms with Gasteiger partial charge in [-0.1, -0.05) is 84.9 Å². The predicted octanol–water partition coefficient (Wildman–Crippen LogP) is 13.5. The van der Waals surface area contributed by atoms with E-state index in [0.29, 0.717) is 44.5 Å². The first-order valence-electron chi connectivity index (χ1n) is 19.1. The van der Waals surface area contributed by atoms with E-state index >= 15 is 13.2 Å². The number of hydrogen-bond donors (Lipinski definition) is 0. The van der Waals surface area contributed by atoms with Gasteiger partial charge in [0, 0.05) is 32.7 Å². The molecular formula is C52H28F3N5. The van der Waals surface area contributed by atoms with Crippen molar-refractivity contribution in [3.8, 4) is 63.0 Å². The first kappa shape index (κ1) is 36.0.